The van der Waals surface area contributed by atoms with Gasteiger partial charge in [-0.05, 0) is 45.7 Å². The molecule has 0 aromatic heterocycles. The van der Waals surface area contributed by atoms with E-state index in [2.05, 4.69) is 50.4 Å². The van der Waals surface area contributed by atoms with Crippen molar-refractivity contribution in [1.82, 2.24) is 5.32 Å². The van der Waals surface area contributed by atoms with Gasteiger partial charge in [0.25, 0.3) is 0 Å². The number of aryl methyl sites for hydroxylation is 1. The number of ether oxygens (including phenoxy) is 1. The molecule has 1 aromatic rings. The first-order valence-electron chi connectivity index (χ1n) is 6.46. The Hall–Kier alpha value is -0.860. The van der Waals surface area contributed by atoms with Crippen LogP contribution in [0.15, 0.2) is 24.3 Å². The van der Waals surface area contributed by atoms with E-state index in [4.69, 9.17) is 4.74 Å². The zero-order valence-electron chi connectivity index (χ0n) is 11.5. The average Bonchev–Trinajstić information content (AvgIpc) is 2.27. The molecule has 1 unspecified atom stereocenters. The molecular formula is C15H25NO. The molecule has 0 heterocycles. The highest BCUT2D eigenvalue weighted by molar-refractivity contribution is 5.25. The highest BCUT2D eigenvalue weighted by atomic mass is 16.5. The Morgan fingerprint density at radius 3 is 2.65 bits per heavy atom. The zero-order valence-corrected chi connectivity index (χ0v) is 11.5. The molecule has 0 aliphatic carbocycles. The smallest absolute Gasteiger partial charge is 0.0518 e. The van der Waals surface area contributed by atoms with Gasteiger partial charge >= 0.3 is 0 Å². The number of hydrogen-bond donors (Lipinski definition) is 1. The maximum absolute atomic E-state index is 5.64. The maximum Gasteiger partial charge on any atom is 0.0518 e. The zero-order chi connectivity index (χ0) is 12.7. The van der Waals surface area contributed by atoms with Crippen molar-refractivity contribution >= 4 is 0 Å². The van der Waals surface area contributed by atoms with Crippen LogP contribution in [0.2, 0.25) is 0 Å². The van der Waals surface area contributed by atoms with Crippen LogP contribution in [0.4, 0.5) is 0 Å². The van der Waals surface area contributed by atoms with Crippen molar-refractivity contribution in [3.63, 3.8) is 0 Å². The largest absolute Gasteiger partial charge is 0.379 e. The molecule has 2 heteroatoms. The molecule has 1 N–H and O–H groups in total. The van der Waals surface area contributed by atoms with Gasteiger partial charge in [0.05, 0.1) is 6.10 Å². The van der Waals surface area contributed by atoms with Crippen molar-refractivity contribution in [2.24, 2.45) is 0 Å². The molecule has 0 fully saturated rings. The van der Waals surface area contributed by atoms with E-state index in [9.17, 15) is 0 Å². The summed E-state index contributed by atoms with van der Waals surface area (Å²) in [7, 11) is 2.01. The van der Waals surface area contributed by atoms with Crippen molar-refractivity contribution in [3.05, 3.63) is 35.4 Å². The van der Waals surface area contributed by atoms with Crippen LogP contribution in [0.5, 0.6) is 0 Å². The van der Waals surface area contributed by atoms with Crippen LogP contribution >= 0.6 is 0 Å². The van der Waals surface area contributed by atoms with Crippen molar-refractivity contribution in [2.75, 3.05) is 20.2 Å². The molecule has 2 nitrogen and oxygen atoms in total. The van der Waals surface area contributed by atoms with E-state index < -0.39 is 0 Å². The summed E-state index contributed by atoms with van der Waals surface area (Å²) in [5, 5.41) is 3.27. The normalized spacial score (nSPS) is 13.0. The van der Waals surface area contributed by atoms with Crippen LogP contribution in [0, 0.1) is 6.92 Å². The third-order valence-electron chi connectivity index (χ3n) is 2.88. The van der Waals surface area contributed by atoms with Gasteiger partial charge in [-0.15, -0.1) is 0 Å². The Balaban J connectivity index is 2.58. The fourth-order valence-corrected chi connectivity index (χ4v) is 2.00. The lowest BCUT2D eigenvalue weighted by molar-refractivity contribution is 0.0734. The molecular weight excluding hydrogens is 210 g/mol. The summed E-state index contributed by atoms with van der Waals surface area (Å²) < 4.78 is 5.64. The Bertz CT molecular complexity index is 322. The third kappa shape index (κ3) is 5.33. The van der Waals surface area contributed by atoms with Crippen molar-refractivity contribution in [1.29, 1.82) is 0 Å². The second-order valence-corrected chi connectivity index (χ2v) is 4.88. The van der Waals surface area contributed by atoms with Crippen molar-refractivity contribution < 1.29 is 4.74 Å². The predicted molar refractivity (Wildman–Crippen MR) is 73.6 cm³/mol. The van der Waals surface area contributed by atoms with E-state index in [0.717, 1.165) is 19.6 Å². The fourth-order valence-electron chi connectivity index (χ4n) is 2.00. The van der Waals surface area contributed by atoms with Gasteiger partial charge in [0.15, 0.2) is 0 Å². The molecule has 0 aliphatic rings. The van der Waals surface area contributed by atoms with E-state index in [1.54, 1.807) is 0 Å². The van der Waals surface area contributed by atoms with Crippen LogP contribution in [0.3, 0.4) is 0 Å². The standard InChI is InChI=1S/C15H25NO/c1-12(2)17-9-8-15(11-16-4)14-7-5-6-13(3)10-14/h5-7,10,12,15-16H,8-9,11H2,1-4H3. The molecule has 1 aromatic carbocycles. The van der Waals surface area contributed by atoms with Gasteiger partial charge in [-0.3, -0.25) is 0 Å². The van der Waals surface area contributed by atoms with Gasteiger partial charge in [-0.1, -0.05) is 29.8 Å². The van der Waals surface area contributed by atoms with Gasteiger partial charge in [0.1, 0.15) is 0 Å². The molecule has 1 rings (SSSR count). The van der Waals surface area contributed by atoms with Crippen molar-refractivity contribution in [2.45, 2.75) is 39.2 Å². The first-order chi connectivity index (χ1) is 8.13. The van der Waals surface area contributed by atoms with E-state index in [-0.39, 0.29) is 0 Å². The van der Waals surface area contributed by atoms with Crippen LogP contribution in [-0.2, 0) is 4.74 Å². The molecule has 0 saturated carbocycles. The molecule has 0 radical (unpaired) electrons. The fraction of sp³-hybridized carbons (Fsp3) is 0.600. The molecule has 96 valence electrons. The predicted octanol–water partition coefficient (Wildman–Crippen LogP) is 3.11. The third-order valence-corrected chi connectivity index (χ3v) is 2.88. The molecule has 1 atom stereocenters. The lowest BCUT2D eigenvalue weighted by Crippen LogP contribution is -2.19. The summed E-state index contributed by atoms with van der Waals surface area (Å²) in [6, 6.07) is 8.77. The van der Waals surface area contributed by atoms with Gasteiger partial charge in [-0.25, -0.2) is 0 Å². The number of nitrogens with one attached hydrogen (secondary N) is 1. The Morgan fingerprint density at radius 2 is 2.06 bits per heavy atom. The number of benzene rings is 1. The average molecular weight is 235 g/mol. The van der Waals surface area contributed by atoms with Gasteiger partial charge in [0, 0.05) is 13.2 Å². The quantitative estimate of drug-likeness (QED) is 0.784. The first kappa shape index (κ1) is 14.2. The van der Waals surface area contributed by atoms with E-state index in [0.29, 0.717) is 12.0 Å². The summed E-state index contributed by atoms with van der Waals surface area (Å²) in [4.78, 5) is 0. The summed E-state index contributed by atoms with van der Waals surface area (Å²) in [6.07, 6.45) is 1.39. The lowest BCUT2D eigenvalue weighted by Gasteiger charge is -2.18. The number of likely N-dealkylation sites (N-methyl/N-ethyl adjacent to an activating group) is 1. The number of hydrogen-bond acceptors (Lipinski definition) is 2. The monoisotopic (exact) mass is 235 g/mol. The minimum absolute atomic E-state index is 0.322. The lowest BCUT2D eigenvalue weighted by atomic mass is 9.94. The van der Waals surface area contributed by atoms with E-state index in [1.807, 2.05) is 7.05 Å². The molecule has 0 amide bonds. The van der Waals surface area contributed by atoms with Crippen molar-refractivity contribution in [3.8, 4) is 0 Å². The molecule has 0 spiro atoms. The first-order valence-corrected chi connectivity index (χ1v) is 6.46. The second-order valence-electron chi connectivity index (χ2n) is 4.88. The molecule has 17 heavy (non-hydrogen) atoms. The van der Waals surface area contributed by atoms with E-state index >= 15 is 0 Å². The summed E-state index contributed by atoms with van der Waals surface area (Å²) in [5.41, 5.74) is 2.74. The summed E-state index contributed by atoms with van der Waals surface area (Å²) in [6.45, 7) is 8.15. The maximum atomic E-state index is 5.64. The molecule has 0 bridgehead atoms. The molecule has 0 aliphatic heterocycles. The Morgan fingerprint density at radius 1 is 1.29 bits per heavy atom. The van der Waals surface area contributed by atoms with Crippen LogP contribution < -0.4 is 5.32 Å². The van der Waals surface area contributed by atoms with Gasteiger partial charge < -0.3 is 10.1 Å². The number of rotatable bonds is 7. The molecule has 0 saturated heterocycles. The van der Waals surface area contributed by atoms with Crippen LogP contribution in [0.1, 0.15) is 37.3 Å². The Kier molecular flexibility index (Phi) is 6.23. The topological polar surface area (TPSA) is 21.3 Å². The minimum Gasteiger partial charge on any atom is -0.379 e. The van der Waals surface area contributed by atoms with Gasteiger partial charge in [0.2, 0.25) is 0 Å². The van der Waals surface area contributed by atoms with Crippen LogP contribution in [-0.4, -0.2) is 26.3 Å². The Labute approximate surface area is 105 Å². The van der Waals surface area contributed by atoms with Gasteiger partial charge in [-0.2, -0.15) is 0 Å². The summed E-state index contributed by atoms with van der Waals surface area (Å²) in [5.74, 6) is 0.540. The highest BCUT2D eigenvalue weighted by Gasteiger charge is 2.11. The highest BCUT2D eigenvalue weighted by Crippen LogP contribution is 2.20. The minimum atomic E-state index is 0.322. The SMILES string of the molecule is CNCC(CCOC(C)C)c1cccc(C)c1. The van der Waals surface area contributed by atoms with Crippen LogP contribution in [0.25, 0.3) is 0 Å². The summed E-state index contributed by atoms with van der Waals surface area (Å²) >= 11 is 0. The van der Waals surface area contributed by atoms with E-state index in [1.165, 1.54) is 11.1 Å². The second kappa shape index (κ2) is 7.46.